The Bertz CT molecular complexity index is 1360. The standard InChI is InChI=1S/C24H25N5O2S2/c1-18-22(33(30,31)29-14-12-28(13-15-29)23-10-6-7-11-25-23)16-21(27(18)2)24-26-20(17-32-24)19-8-4-3-5-9-19/h3-11,16-17H,12-15H2,1-2H3. The van der Waals surface area contributed by atoms with Gasteiger partial charge in [-0.05, 0) is 25.1 Å². The molecule has 7 nitrogen and oxygen atoms in total. The Kier molecular flexibility index (Phi) is 5.77. The van der Waals surface area contributed by atoms with Gasteiger partial charge < -0.3 is 9.47 Å². The maximum atomic E-state index is 13.5. The van der Waals surface area contributed by atoms with Crippen molar-refractivity contribution in [3.05, 3.63) is 71.9 Å². The lowest BCUT2D eigenvalue weighted by Gasteiger charge is -2.34. The molecule has 33 heavy (non-hydrogen) atoms. The second-order valence-electron chi connectivity index (χ2n) is 8.02. The predicted octanol–water partition coefficient (Wildman–Crippen LogP) is 4.03. The van der Waals surface area contributed by atoms with E-state index in [9.17, 15) is 8.42 Å². The van der Waals surface area contributed by atoms with Crippen LogP contribution < -0.4 is 4.90 Å². The van der Waals surface area contributed by atoms with Crippen LogP contribution in [-0.2, 0) is 17.1 Å². The van der Waals surface area contributed by atoms with Gasteiger partial charge in [0.15, 0.2) is 0 Å². The molecule has 3 aromatic heterocycles. The number of sulfonamides is 1. The molecule has 1 aliphatic heterocycles. The zero-order valence-electron chi connectivity index (χ0n) is 18.5. The Hall–Kier alpha value is -3.01. The molecular formula is C24H25N5O2S2. The topological polar surface area (TPSA) is 71.3 Å². The summed E-state index contributed by atoms with van der Waals surface area (Å²) in [5, 5.41) is 2.82. The van der Waals surface area contributed by atoms with Gasteiger partial charge in [0.2, 0.25) is 10.0 Å². The van der Waals surface area contributed by atoms with Gasteiger partial charge in [0.1, 0.15) is 15.7 Å². The van der Waals surface area contributed by atoms with E-state index in [1.54, 1.807) is 16.6 Å². The van der Waals surface area contributed by atoms with Crippen molar-refractivity contribution in [1.82, 2.24) is 18.8 Å². The van der Waals surface area contributed by atoms with E-state index in [0.717, 1.165) is 27.8 Å². The fourth-order valence-electron chi connectivity index (χ4n) is 4.11. The fraction of sp³-hybridized carbons (Fsp3) is 0.250. The number of rotatable bonds is 5. The molecule has 0 aliphatic carbocycles. The SMILES string of the molecule is Cc1c(S(=O)(=O)N2CCN(c3ccccn3)CC2)cc(-c2nc(-c3ccccc3)cs2)n1C. The first-order chi connectivity index (χ1) is 15.9. The summed E-state index contributed by atoms with van der Waals surface area (Å²) in [7, 11) is -1.72. The molecule has 0 unspecified atom stereocenters. The van der Waals surface area contributed by atoms with E-state index >= 15 is 0 Å². The van der Waals surface area contributed by atoms with Crippen molar-refractivity contribution in [3.8, 4) is 22.0 Å². The Morgan fingerprint density at radius 1 is 0.970 bits per heavy atom. The van der Waals surface area contributed by atoms with Crippen LogP contribution in [-0.4, -0.2) is 53.4 Å². The van der Waals surface area contributed by atoms with E-state index in [1.807, 2.05) is 72.4 Å². The first-order valence-electron chi connectivity index (χ1n) is 10.8. The number of nitrogens with zero attached hydrogens (tertiary/aromatic N) is 5. The molecule has 0 spiro atoms. The highest BCUT2D eigenvalue weighted by atomic mass is 32.2. The van der Waals surface area contributed by atoms with Crippen LogP contribution in [0.3, 0.4) is 0 Å². The maximum Gasteiger partial charge on any atom is 0.244 e. The van der Waals surface area contributed by atoms with Crippen molar-refractivity contribution >= 4 is 27.2 Å². The molecule has 0 amide bonds. The molecule has 1 fully saturated rings. The normalized spacial score (nSPS) is 15.2. The summed E-state index contributed by atoms with van der Waals surface area (Å²) in [6.07, 6.45) is 1.76. The summed E-state index contributed by atoms with van der Waals surface area (Å²) in [6.45, 7) is 3.94. The van der Waals surface area contributed by atoms with Crippen LogP contribution in [0.1, 0.15) is 5.69 Å². The lowest BCUT2D eigenvalue weighted by Crippen LogP contribution is -2.49. The Balaban J connectivity index is 1.39. The molecular weight excluding hydrogens is 454 g/mol. The quantitative estimate of drug-likeness (QED) is 0.432. The molecule has 170 valence electrons. The lowest BCUT2D eigenvalue weighted by atomic mass is 10.2. The number of hydrogen-bond donors (Lipinski definition) is 0. The Labute approximate surface area is 198 Å². The summed E-state index contributed by atoms with van der Waals surface area (Å²) in [5.41, 5.74) is 3.47. The van der Waals surface area contributed by atoms with Crippen LogP contribution in [0.5, 0.6) is 0 Å². The largest absolute Gasteiger partial charge is 0.354 e. The van der Waals surface area contributed by atoms with Crippen molar-refractivity contribution in [1.29, 1.82) is 0 Å². The maximum absolute atomic E-state index is 13.5. The summed E-state index contributed by atoms with van der Waals surface area (Å²) in [5.74, 6) is 0.880. The molecule has 9 heteroatoms. The van der Waals surface area contributed by atoms with E-state index in [-0.39, 0.29) is 0 Å². The number of thiazole rings is 1. The van der Waals surface area contributed by atoms with Gasteiger partial charge in [-0.25, -0.2) is 18.4 Å². The molecule has 0 bridgehead atoms. The predicted molar refractivity (Wildman–Crippen MR) is 132 cm³/mol. The van der Waals surface area contributed by atoms with Crippen molar-refractivity contribution in [3.63, 3.8) is 0 Å². The molecule has 0 saturated carbocycles. The van der Waals surface area contributed by atoms with Crippen LogP contribution in [0.25, 0.3) is 22.0 Å². The number of piperazine rings is 1. The minimum atomic E-state index is -3.61. The molecule has 1 aliphatic rings. The first kappa shape index (κ1) is 21.8. The summed E-state index contributed by atoms with van der Waals surface area (Å²) in [6, 6.07) is 17.5. The van der Waals surface area contributed by atoms with Crippen molar-refractivity contribution in [2.75, 3.05) is 31.1 Å². The average Bonchev–Trinajstić information content (AvgIpc) is 3.46. The monoisotopic (exact) mass is 479 g/mol. The molecule has 4 heterocycles. The van der Waals surface area contributed by atoms with Gasteiger partial charge in [0.25, 0.3) is 0 Å². The van der Waals surface area contributed by atoms with Gasteiger partial charge in [-0.2, -0.15) is 4.31 Å². The van der Waals surface area contributed by atoms with Gasteiger partial charge >= 0.3 is 0 Å². The van der Waals surface area contributed by atoms with Crippen LogP contribution in [0.2, 0.25) is 0 Å². The van der Waals surface area contributed by atoms with E-state index < -0.39 is 10.0 Å². The summed E-state index contributed by atoms with van der Waals surface area (Å²) >= 11 is 1.52. The Morgan fingerprint density at radius 3 is 2.39 bits per heavy atom. The number of benzene rings is 1. The first-order valence-corrected chi connectivity index (χ1v) is 13.1. The molecule has 0 N–H and O–H groups in total. The number of aromatic nitrogens is 3. The van der Waals surface area contributed by atoms with E-state index in [0.29, 0.717) is 36.8 Å². The third-order valence-electron chi connectivity index (χ3n) is 6.11. The molecule has 1 aromatic carbocycles. The van der Waals surface area contributed by atoms with Gasteiger partial charge in [0.05, 0.1) is 11.4 Å². The number of pyridine rings is 1. The molecule has 5 rings (SSSR count). The zero-order valence-corrected chi connectivity index (χ0v) is 20.2. The molecule has 0 atom stereocenters. The van der Waals surface area contributed by atoms with Crippen LogP contribution in [0, 0.1) is 6.92 Å². The third-order valence-corrected chi connectivity index (χ3v) is 8.99. The van der Waals surface area contributed by atoms with Crippen molar-refractivity contribution < 1.29 is 8.42 Å². The molecule has 1 saturated heterocycles. The smallest absolute Gasteiger partial charge is 0.244 e. The van der Waals surface area contributed by atoms with Gasteiger partial charge in [-0.3, -0.25) is 0 Å². The minimum Gasteiger partial charge on any atom is -0.354 e. The minimum absolute atomic E-state index is 0.350. The lowest BCUT2D eigenvalue weighted by molar-refractivity contribution is 0.383. The number of hydrogen-bond acceptors (Lipinski definition) is 6. The highest BCUT2D eigenvalue weighted by Crippen LogP contribution is 2.33. The van der Waals surface area contributed by atoms with Crippen LogP contribution >= 0.6 is 11.3 Å². The van der Waals surface area contributed by atoms with Crippen LogP contribution in [0.15, 0.2) is 71.1 Å². The second-order valence-corrected chi connectivity index (χ2v) is 10.8. The van der Waals surface area contributed by atoms with Crippen molar-refractivity contribution in [2.24, 2.45) is 7.05 Å². The summed E-state index contributed by atoms with van der Waals surface area (Å²) in [4.78, 5) is 11.6. The van der Waals surface area contributed by atoms with Gasteiger partial charge in [-0.1, -0.05) is 36.4 Å². The molecule has 0 radical (unpaired) electrons. The van der Waals surface area contributed by atoms with Gasteiger partial charge in [0, 0.05) is 56.1 Å². The fourth-order valence-corrected chi connectivity index (χ4v) is 6.68. The highest BCUT2D eigenvalue weighted by molar-refractivity contribution is 7.89. The van der Waals surface area contributed by atoms with E-state index in [2.05, 4.69) is 9.88 Å². The second kappa shape index (κ2) is 8.74. The zero-order chi connectivity index (χ0) is 23.0. The summed E-state index contributed by atoms with van der Waals surface area (Å²) < 4.78 is 30.6. The third kappa shape index (κ3) is 4.07. The number of anilines is 1. The average molecular weight is 480 g/mol. The van der Waals surface area contributed by atoms with E-state index in [1.165, 1.54) is 11.3 Å². The molecule has 4 aromatic rings. The Morgan fingerprint density at radius 2 is 1.70 bits per heavy atom. The van der Waals surface area contributed by atoms with Gasteiger partial charge in [-0.15, -0.1) is 11.3 Å². The van der Waals surface area contributed by atoms with Crippen LogP contribution in [0.4, 0.5) is 5.82 Å². The highest BCUT2D eigenvalue weighted by Gasteiger charge is 2.32. The van der Waals surface area contributed by atoms with E-state index in [4.69, 9.17) is 4.98 Å². The van der Waals surface area contributed by atoms with Crippen molar-refractivity contribution in [2.45, 2.75) is 11.8 Å².